The van der Waals surface area contributed by atoms with Gasteiger partial charge in [0.15, 0.2) is 4.67 Å². The van der Waals surface area contributed by atoms with Gasteiger partial charge in [0, 0.05) is 12.1 Å². The molecule has 1 saturated carbocycles. The van der Waals surface area contributed by atoms with Crippen LogP contribution in [-0.4, -0.2) is 14.5 Å². The summed E-state index contributed by atoms with van der Waals surface area (Å²) in [5, 5.41) is 0. The molecule has 0 spiro atoms. The van der Waals surface area contributed by atoms with Crippen molar-refractivity contribution in [2.24, 2.45) is 11.7 Å². The highest BCUT2D eigenvalue weighted by molar-refractivity contribution is 9.10. The normalized spacial score (nSPS) is 23.4. The lowest BCUT2D eigenvalue weighted by Crippen LogP contribution is -2.37. The fourth-order valence-electron chi connectivity index (χ4n) is 2.94. The van der Waals surface area contributed by atoms with Crippen molar-refractivity contribution in [3.63, 3.8) is 0 Å². The van der Waals surface area contributed by atoms with Crippen LogP contribution in [0.1, 0.15) is 51.2 Å². The monoisotopic (exact) mass is 378 g/mol. The van der Waals surface area contributed by atoms with Crippen molar-refractivity contribution in [2.75, 3.05) is 0 Å². The summed E-state index contributed by atoms with van der Waals surface area (Å²) in [5.74, 6) is 1.20. The minimum Gasteiger partial charge on any atom is -0.452 e. The molecule has 0 radical (unpaired) electrons. The Hall–Kier alpha value is -0.370. The number of hydrogen-bond donors (Lipinski definition) is 2. The van der Waals surface area contributed by atoms with Crippen LogP contribution in [0.2, 0.25) is 0 Å². The average Bonchev–Trinajstić information content (AvgIpc) is 2.83. The summed E-state index contributed by atoms with van der Waals surface area (Å²) in [6.45, 7) is 2.37. The Bertz CT molecular complexity index is 563. The van der Waals surface area contributed by atoms with Crippen molar-refractivity contribution in [3.8, 4) is 0 Å². The maximum atomic E-state index is 12.4. The summed E-state index contributed by atoms with van der Waals surface area (Å²) in [6.07, 6.45) is 6.45. The van der Waals surface area contributed by atoms with Gasteiger partial charge in [-0.3, -0.25) is 0 Å². The van der Waals surface area contributed by atoms with E-state index in [1.54, 1.807) is 0 Å². The largest absolute Gasteiger partial charge is 0.452 e. The van der Waals surface area contributed by atoms with Gasteiger partial charge in [-0.1, -0.05) is 19.8 Å². The molecule has 5 nitrogen and oxygen atoms in total. The summed E-state index contributed by atoms with van der Waals surface area (Å²) in [5.41, 5.74) is 5.47. The van der Waals surface area contributed by atoms with E-state index in [0.717, 1.165) is 31.6 Å². The van der Waals surface area contributed by atoms with Crippen LogP contribution in [-0.2, 0) is 16.6 Å². The molecule has 120 valence electrons. The van der Waals surface area contributed by atoms with Crippen LogP contribution in [0.15, 0.2) is 20.0 Å². The van der Waals surface area contributed by atoms with Crippen molar-refractivity contribution in [1.29, 1.82) is 0 Å². The Balaban J connectivity index is 2.00. The van der Waals surface area contributed by atoms with Gasteiger partial charge >= 0.3 is 0 Å². The third-order valence-corrected chi connectivity index (χ3v) is 6.44. The molecule has 2 rings (SSSR count). The van der Waals surface area contributed by atoms with Crippen LogP contribution in [0.4, 0.5) is 0 Å². The highest BCUT2D eigenvalue weighted by Crippen LogP contribution is 2.30. The predicted molar refractivity (Wildman–Crippen MR) is 85.3 cm³/mol. The highest BCUT2D eigenvalue weighted by Gasteiger charge is 2.28. The summed E-state index contributed by atoms with van der Waals surface area (Å²) in [6, 6.07) is 1.50. The molecule has 1 aromatic heterocycles. The maximum Gasteiger partial charge on any atom is 0.245 e. The van der Waals surface area contributed by atoms with Gasteiger partial charge in [-0.25, -0.2) is 13.1 Å². The maximum absolute atomic E-state index is 12.4. The highest BCUT2D eigenvalue weighted by atomic mass is 79.9. The quantitative estimate of drug-likeness (QED) is 0.795. The first kappa shape index (κ1) is 17.0. The first-order chi connectivity index (χ1) is 9.96. The molecule has 0 aliphatic heterocycles. The van der Waals surface area contributed by atoms with Crippen LogP contribution >= 0.6 is 15.9 Å². The Morgan fingerprint density at radius 2 is 2.05 bits per heavy atom. The van der Waals surface area contributed by atoms with E-state index in [1.165, 1.54) is 18.9 Å². The molecule has 1 aromatic rings. The molecule has 3 N–H and O–H groups in total. The second-order valence-electron chi connectivity index (χ2n) is 5.68. The molecule has 1 heterocycles. The minimum atomic E-state index is -3.56. The van der Waals surface area contributed by atoms with Crippen molar-refractivity contribution < 1.29 is 12.8 Å². The van der Waals surface area contributed by atoms with E-state index in [0.29, 0.717) is 5.76 Å². The number of rotatable bonds is 6. The van der Waals surface area contributed by atoms with Gasteiger partial charge in [0.05, 0.1) is 6.54 Å². The fourth-order valence-corrected chi connectivity index (χ4v) is 5.24. The van der Waals surface area contributed by atoms with Crippen molar-refractivity contribution in [3.05, 3.63) is 16.5 Å². The lowest BCUT2D eigenvalue weighted by Gasteiger charge is -2.28. The van der Waals surface area contributed by atoms with E-state index in [2.05, 4.69) is 27.6 Å². The summed E-state index contributed by atoms with van der Waals surface area (Å²) < 4.78 is 33.1. The SMILES string of the molecule is CCCC1CCC(NS(=O)(=O)c2cc(CN)oc2Br)CC1. The van der Waals surface area contributed by atoms with E-state index in [-0.39, 0.29) is 22.2 Å². The third-order valence-electron chi connectivity index (χ3n) is 4.06. The molecule has 21 heavy (non-hydrogen) atoms. The van der Waals surface area contributed by atoms with E-state index in [4.69, 9.17) is 10.2 Å². The minimum absolute atomic E-state index is 0.0197. The Labute approximate surface area is 134 Å². The number of halogens is 1. The lowest BCUT2D eigenvalue weighted by atomic mass is 9.84. The molecule has 0 bridgehead atoms. The van der Waals surface area contributed by atoms with Gasteiger partial charge < -0.3 is 10.2 Å². The predicted octanol–water partition coefficient (Wildman–Crippen LogP) is 3.14. The molecule has 1 aliphatic carbocycles. The number of hydrogen-bond acceptors (Lipinski definition) is 4. The molecule has 1 aliphatic rings. The molecule has 0 saturated heterocycles. The molecule has 0 atom stereocenters. The Morgan fingerprint density at radius 1 is 1.38 bits per heavy atom. The number of nitrogens with two attached hydrogens (primary N) is 1. The molecule has 1 fully saturated rings. The van der Waals surface area contributed by atoms with E-state index >= 15 is 0 Å². The van der Waals surface area contributed by atoms with Crippen molar-refractivity contribution in [2.45, 2.75) is 62.9 Å². The van der Waals surface area contributed by atoms with Crippen LogP contribution in [0.3, 0.4) is 0 Å². The van der Waals surface area contributed by atoms with Gasteiger partial charge in [0.25, 0.3) is 0 Å². The molecule has 0 aromatic carbocycles. The van der Waals surface area contributed by atoms with Gasteiger partial charge in [0.2, 0.25) is 10.0 Å². The summed E-state index contributed by atoms with van der Waals surface area (Å²) in [7, 11) is -3.56. The zero-order valence-electron chi connectivity index (χ0n) is 12.3. The third kappa shape index (κ3) is 4.31. The van der Waals surface area contributed by atoms with Crippen LogP contribution in [0.25, 0.3) is 0 Å². The number of furan rings is 1. The Morgan fingerprint density at radius 3 is 2.57 bits per heavy atom. The van der Waals surface area contributed by atoms with Gasteiger partial charge in [0.1, 0.15) is 10.7 Å². The molecule has 7 heteroatoms. The van der Waals surface area contributed by atoms with Crippen LogP contribution < -0.4 is 10.5 Å². The van der Waals surface area contributed by atoms with Gasteiger partial charge in [-0.2, -0.15) is 0 Å². The van der Waals surface area contributed by atoms with Gasteiger partial charge in [-0.15, -0.1) is 0 Å². The lowest BCUT2D eigenvalue weighted by molar-refractivity contribution is 0.297. The topological polar surface area (TPSA) is 85.3 Å². The first-order valence-corrected chi connectivity index (χ1v) is 9.74. The zero-order valence-corrected chi connectivity index (χ0v) is 14.7. The Kier molecular flexibility index (Phi) is 5.88. The molecule has 0 amide bonds. The fraction of sp³-hybridized carbons (Fsp3) is 0.714. The van der Waals surface area contributed by atoms with Crippen LogP contribution in [0, 0.1) is 5.92 Å². The van der Waals surface area contributed by atoms with Crippen molar-refractivity contribution in [1.82, 2.24) is 4.72 Å². The summed E-state index contributed by atoms with van der Waals surface area (Å²) >= 11 is 3.15. The first-order valence-electron chi connectivity index (χ1n) is 7.46. The van der Waals surface area contributed by atoms with Crippen LogP contribution in [0.5, 0.6) is 0 Å². The molecule has 0 unspecified atom stereocenters. The average molecular weight is 379 g/mol. The second kappa shape index (κ2) is 7.26. The standard InChI is InChI=1S/C14H23BrN2O3S/c1-2-3-10-4-6-11(7-5-10)17-21(18,19)13-8-12(9-16)20-14(13)15/h8,10-11,17H,2-7,9,16H2,1H3. The smallest absolute Gasteiger partial charge is 0.245 e. The number of sulfonamides is 1. The van der Waals surface area contributed by atoms with E-state index < -0.39 is 10.0 Å². The molecular formula is C14H23BrN2O3S. The number of nitrogens with one attached hydrogen (secondary N) is 1. The van der Waals surface area contributed by atoms with E-state index in [1.807, 2.05) is 0 Å². The second-order valence-corrected chi connectivity index (χ2v) is 8.09. The van der Waals surface area contributed by atoms with Gasteiger partial charge in [-0.05, 0) is 47.5 Å². The van der Waals surface area contributed by atoms with E-state index in [9.17, 15) is 8.42 Å². The molecular weight excluding hydrogens is 356 g/mol. The summed E-state index contributed by atoms with van der Waals surface area (Å²) in [4.78, 5) is 0.138. The van der Waals surface area contributed by atoms with Crippen molar-refractivity contribution >= 4 is 26.0 Å². The zero-order chi connectivity index (χ0) is 15.5.